The van der Waals surface area contributed by atoms with E-state index in [9.17, 15) is 9.59 Å². The average molecular weight is 249 g/mol. The summed E-state index contributed by atoms with van der Waals surface area (Å²) in [5, 5.41) is 0.763. The van der Waals surface area contributed by atoms with E-state index in [4.69, 9.17) is 11.6 Å². The fourth-order valence-electron chi connectivity index (χ4n) is 1.77. The molecule has 2 rings (SSSR count). The maximum absolute atomic E-state index is 11.6. The van der Waals surface area contributed by atoms with Crippen molar-refractivity contribution in [3.63, 3.8) is 0 Å². The molecule has 3 nitrogen and oxygen atoms in total. The van der Waals surface area contributed by atoms with Crippen molar-refractivity contribution < 1.29 is 14.3 Å². The third-order valence-electron chi connectivity index (χ3n) is 2.54. The summed E-state index contributed by atoms with van der Waals surface area (Å²) in [5.74, 6) is -0.435. The van der Waals surface area contributed by atoms with E-state index < -0.39 is 11.2 Å². The zero-order valence-corrected chi connectivity index (χ0v) is 9.82. The second-order valence-electron chi connectivity index (χ2n) is 3.47. The van der Waals surface area contributed by atoms with Gasteiger partial charge in [-0.05, 0) is 34.5 Å². The molecule has 4 heteroatoms. The van der Waals surface area contributed by atoms with Crippen molar-refractivity contribution >= 4 is 33.6 Å². The van der Waals surface area contributed by atoms with Crippen LogP contribution in [0.25, 0.3) is 10.8 Å². The van der Waals surface area contributed by atoms with Gasteiger partial charge < -0.3 is 4.74 Å². The maximum atomic E-state index is 11.6. The van der Waals surface area contributed by atoms with Crippen LogP contribution in [0.15, 0.2) is 36.4 Å². The van der Waals surface area contributed by atoms with Crippen LogP contribution < -0.4 is 0 Å². The van der Waals surface area contributed by atoms with Crippen molar-refractivity contribution in [1.29, 1.82) is 0 Å². The van der Waals surface area contributed by atoms with Crippen LogP contribution in [0.3, 0.4) is 0 Å². The molecule has 0 atom stereocenters. The normalized spacial score (nSPS) is 10.2. The van der Waals surface area contributed by atoms with Crippen molar-refractivity contribution in [3.05, 3.63) is 47.5 Å². The van der Waals surface area contributed by atoms with E-state index in [1.54, 1.807) is 36.4 Å². The Hall–Kier alpha value is -1.87. The smallest absolute Gasteiger partial charge is 0.338 e. The van der Waals surface area contributed by atoms with Gasteiger partial charge in [0.05, 0.1) is 12.7 Å². The molecule has 0 saturated carbocycles. The molecular formula is C13H9ClO3. The summed E-state index contributed by atoms with van der Waals surface area (Å²) in [6, 6.07) is 10.2. The summed E-state index contributed by atoms with van der Waals surface area (Å²) < 4.78 is 4.69. The molecule has 0 unspecified atom stereocenters. The number of ether oxygens (including phenoxy) is 1. The van der Waals surface area contributed by atoms with Crippen LogP contribution in [0.4, 0.5) is 0 Å². The second-order valence-corrected chi connectivity index (χ2v) is 3.81. The van der Waals surface area contributed by atoms with Crippen LogP contribution in [0, 0.1) is 0 Å². The molecule has 0 radical (unpaired) electrons. The molecule has 86 valence electrons. The van der Waals surface area contributed by atoms with Crippen molar-refractivity contribution in [2.45, 2.75) is 0 Å². The molecule has 0 spiro atoms. The zero-order valence-electron chi connectivity index (χ0n) is 9.07. The van der Waals surface area contributed by atoms with Crippen LogP contribution in [0.1, 0.15) is 20.7 Å². The minimum Gasteiger partial charge on any atom is -0.465 e. The highest BCUT2D eigenvalue weighted by molar-refractivity contribution is 6.68. The Labute approximate surface area is 103 Å². The molecule has 0 bridgehead atoms. The van der Waals surface area contributed by atoms with Crippen molar-refractivity contribution in [3.8, 4) is 0 Å². The van der Waals surface area contributed by atoms with Gasteiger partial charge in [0.2, 0.25) is 0 Å². The Balaban J connectivity index is 2.79. The van der Waals surface area contributed by atoms with E-state index in [1.165, 1.54) is 7.11 Å². The van der Waals surface area contributed by atoms with Gasteiger partial charge in [-0.2, -0.15) is 0 Å². The topological polar surface area (TPSA) is 43.4 Å². The molecule has 0 aliphatic rings. The Morgan fingerprint density at radius 1 is 1.00 bits per heavy atom. The largest absolute Gasteiger partial charge is 0.465 e. The minimum atomic E-state index is -0.544. The van der Waals surface area contributed by atoms with Gasteiger partial charge in [0, 0.05) is 5.56 Å². The van der Waals surface area contributed by atoms with E-state index in [-0.39, 0.29) is 0 Å². The molecule has 2 aromatic carbocycles. The van der Waals surface area contributed by atoms with Crippen LogP contribution in [-0.2, 0) is 4.74 Å². The maximum Gasteiger partial charge on any atom is 0.338 e. The third kappa shape index (κ3) is 2.01. The van der Waals surface area contributed by atoms with Crippen LogP contribution in [0.2, 0.25) is 0 Å². The summed E-state index contributed by atoms with van der Waals surface area (Å²) in [6.45, 7) is 0. The standard InChI is InChI=1S/C13H9ClO3/c1-17-13(16)11-7-3-4-8-9(11)5-2-6-10(8)12(14)15/h2-7H,1H3. The molecule has 17 heavy (non-hydrogen) atoms. The summed E-state index contributed by atoms with van der Waals surface area (Å²) >= 11 is 5.49. The van der Waals surface area contributed by atoms with Gasteiger partial charge in [-0.1, -0.05) is 24.3 Å². The van der Waals surface area contributed by atoms with E-state index in [2.05, 4.69) is 4.74 Å². The first kappa shape index (κ1) is 11.6. The van der Waals surface area contributed by atoms with Gasteiger partial charge >= 0.3 is 5.97 Å². The molecule has 2 aromatic rings. The number of halogens is 1. The summed E-state index contributed by atoms with van der Waals surface area (Å²) in [5.41, 5.74) is 0.805. The third-order valence-corrected chi connectivity index (χ3v) is 2.74. The molecule has 0 fully saturated rings. The highest BCUT2D eigenvalue weighted by atomic mass is 35.5. The van der Waals surface area contributed by atoms with Gasteiger partial charge in [-0.25, -0.2) is 4.79 Å². The summed E-state index contributed by atoms with van der Waals surface area (Å²) in [4.78, 5) is 22.8. The minimum absolute atomic E-state index is 0.384. The van der Waals surface area contributed by atoms with Gasteiger partial charge in [0.1, 0.15) is 0 Å². The predicted molar refractivity (Wildman–Crippen MR) is 65.5 cm³/mol. The zero-order chi connectivity index (χ0) is 12.4. The number of rotatable bonds is 2. The fourth-order valence-corrected chi connectivity index (χ4v) is 1.93. The van der Waals surface area contributed by atoms with E-state index in [0.717, 1.165) is 0 Å². The van der Waals surface area contributed by atoms with Crippen LogP contribution in [0.5, 0.6) is 0 Å². The second kappa shape index (κ2) is 4.55. The monoisotopic (exact) mass is 248 g/mol. The lowest BCUT2D eigenvalue weighted by Crippen LogP contribution is -2.02. The first-order valence-corrected chi connectivity index (χ1v) is 5.33. The number of methoxy groups -OCH3 is 1. The molecule has 0 amide bonds. The predicted octanol–water partition coefficient (Wildman–Crippen LogP) is 3.01. The Morgan fingerprint density at radius 3 is 2.06 bits per heavy atom. The number of esters is 1. The lowest BCUT2D eigenvalue weighted by Gasteiger charge is -2.06. The van der Waals surface area contributed by atoms with Crippen molar-refractivity contribution in [2.75, 3.05) is 7.11 Å². The van der Waals surface area contributed by atoms with Crippen molar-refractivity contribution in [1.82, 2.24) is 0 Å². The molecule has 0 heterocycles. The molecule has 0 N–H and O–H groups in total. The molecule has 0 aliphatic carbocycles. The number of hydrogen-bond acceptors (Lipinski definition) is 3. The van der Waals surface area contributed by atoms with Gasteiger partial charge in [-0.3, -0.25) is 4.79 Å². The number of fused-ring (bicyclic) bond motifs is 1. The Kier molecular flexibility index (Phi) is 3.11. The Bertz CT molecular complexity index is 605. The fraction of sp³-hybridized carbons (Fsp3) is 0.0769. The van der Waals surface area contributed by atoms with Crippen LogP contribution >= 0.6 is 11.6 Å². The number of hydrogen-bond donors (Lipinski definition) is 0. The van der Waals surface area contributed by atoms with E-state index in [0.29, 0.717) is 21.9 Å². The summed E-state index contributed by atoms with van der Waals surface area (Å²) in [7, 11) is 1.32. The summed E-state index contributed by atoms with van der Waals surface area (Å²) in [6.07, 6.45) is 0. The van der Waals surface area contributed by atoms with Crippen LogP contribution in [-0.4, -0.2) is 18.3 Å². The first-order chi connectivity index (χ1) is 8.15. The molecule has 0 aromatic heterocycles. The lowest BCUT2D eigenvalue weighted by molar-refractivity contribution is 0.0603. The average Bonchev–Trinajstić information content (AvgIpc) is 2.36. The highest BCUT2D eigenvalue weighted by Gasteiger charge is 2.13. The SMILES string of the molecule is COC(=O)c1cccc2c(C(=O)Cl)cccc12. The number of carbonyl (C=O) groups excluding carboxylic acids is 2. The van der Waals surface area contributed by atoms with Gasteiger partial charge in [0.15, 0.2) is 0 Å². The molecule has 0 saturated heterocycles. The number of benzene rings is 2. The van der Waals surface area contributed by atoms with E-state index >= 15 is 0 Å². The molecule has 0 aliphatic heterocycles. The van der Waals surface area contributed by atoms with Gasteiger partial charge in [0.25, 0.3) is 5.24 Å². The molecular weight excluding hydrogens is 240 g/mol. The lowest BCUT2D eigenvalue weighted by atomic mass is 10.0. The van der Waals surface area contributed by atoms with E-state index in [1.807, 2.05) is 0 Å². The van der Waals surface area contributed by atoms with Crippen molar-refractivity contribution in [2.24, 2.45) is 0 Å². The first-order valence-electron chi connectivity index (χ1n) is 4.95. The highest BCUT2D eigenvalue weighted by Crippen LogP contribution is 2.24. The Morgan fingerprint density at radius 2 is 1.53 bits per heavy atom. The number of carbonyl (C=O) groups is 2. The van der Waals surface area contributed by atoms with Gasteiger partial charge in [-0.15, -0.1) is 0 Å². The quantitative estimate of drug-likeness (QED) is 0.606.